The normalized spacial score (nSPS) is 20.4. The molecule has 2 aromatic carbocycles. The Labute approximate surface area is 346 Å². The van der Waals surface area contributed by atoms with Crippen LogP contribution >= 0.6 is 11.3 Å². The Morgan fingerprint density at radius 3 is 2.61 bits per heavy atom. The van der Waals surface area contributed by atoms with Gasteiger partial charge in [-0.2, -0.15) is 4.39 Å². The predicted octanol–water partition coefficient (Wildman–Crippen LogP) is 4.75. The number of piperazine rings is 1. The number of ketones is 1. The molecule has 1 amide bonds. The molecule has 0 saturated carbocycles. The first kappa shape index (κ1) is 42.7. The number of aliphatic hydroxyl groups is 1. The second-order valence-electron chi connectivity index (χ2n) is 16.0. The van der Waals surface area contributed by atoms with E-state index >= 15 is 0 Å². The molecule has 12 nitrogen and oxygen atoms in total. The third-order valence-electron chi connectivity index (χ3n) is 11.2. The third kappa shape index (κ3) is 9.96. The van der Waals surface area contributed by atoms with Gasteiger partial charge in [0, 0.05) is 61.0 Å². The highest BCUT2D eigenvalue weighted by molar-refractivity contribution is 7.14. The molecule has 0 bridgehead atoms. The van der Waals surface area contributed by atoms with Crippen LogP contribution in [0.4, 0.5) is 18.3 Å². The number of pyridine rings is 1. The number of nitrogens with one attached hydrogen (secondary N) is 2. The zero-order valence-corrected chi connectivity index (χ0v) is 34.4. The first-order valence-corrected chi connectivity index (χ1v) is 20.9. The molecule has 7 rings (SSSR count). The molecule has 16 heteroatoms. The number of aliphatic hydroxyl groups excluding tert-OH is 1. The summed E-state index contributed by atoms with van der Waals surface area (Å²) in [4.78, 5) is 41.2. The number of morpholine rings is 1. The van der Waals surface area contributed by atoms with E-state index in [-0.39, 0.29) is 68.8 Å². The van der Waals surface area contributed by atoms with Crippen LogP contribution < -0.4 is 20.3 Å². The first-order valence-electron chi connectivity index (χ1n) is 20.0. The zero-order chi connectivity index (χ0) is 41.7. The largest absolute Gasteiger partial charge is 0.487 e. The van der Waals surface area contributed by atoms with E-state index in [0.29, 0.717) is 69.2 Å². The lowest BCUT2D eigenvalue weighted by atomic mass is 9.87. The number of hydrogen-bond acceptors (Lipinski definition) is 12. The molecule has 3 aliphatic rings. The van der Waals surface area contributed by atoms with E-state index in [1.165, 1.54) is 29.5 Å². The summed E-state index contributed by atoms with van der Waals surface area (Å²) < 4.78 is 59.6. The number of halogens is 3. The van der Waals surface area contributed by atoms with Crippen LogP contribution in [-0.2, 0) is 37.5 Å². The van der Waals surface area contributed by atoms with Crippen LogP contribution in [0.15, 0.2) is 47.8 Å². The van der Waals surface area contributed by atoms with E-state index in [0.717, 1.165) is 33.6 Å². The van der Waals surface area contributed by atoms with Crippen molar-refractivity contribution in [1.82, 2.24) is 25.5 Å². The van der Waals surface area contributed by atoms with Crippen molar-refractivity contribution in [3.63, 3.8) is 0 Å². The molecule has 0 spiro atoms. The maximum Gasteiger partial charge on any atom is 0.238 e. The number of nitrogens with zero attached hydrogens (tertiary/aromatic N) is 4. The maximum atomic E-state index is 15.0. The quantitative estimate of drug-likeness (QED) is 0.135. The molecule has 2 aliphatic heterocycles. The third-order valence-corrected chi connectivity index (χ3v) is 12.1. The van der Waals surface area contributed by atoms with Crippen LogP contribution in [0, 0.1) is 17.5 Å². The van der Waals surface area contributed by atoms with Gasteiger partial charge in [0.15, 0.2) is 22.5 Å². The highest BCUT2D eigenvalue weighted by Crippen LogP contribution is 2.46. The fourth-order valence-corrected chi connectivity index (χ4v) is 8.97. The lowest BCUT2D eigenvalue weighted by molar-refractivity contribution is -0.130. The fraction of sp³-hybridized carbons (Fsp3) is 0.488. The monoisotopic (exact) mass is 836 g/mol. The molecule has 4 aromatic rings. The van der Waals surface area contributed by atoms with Crippen molar-refractivity contribution in [3.05, 3.63) is 93.4 Å². The maximum absolute atomic E-state index is 15.0. The molecular weight excluding hydrogens is 786 g/mol. The number of carbonyl (C=O) groups is 2. The molecule has 1 aliphatic carbocycles. The van der Waals surface area contributed by atoms with Crippen molar-refractivity contribution < 1.29 is 42.1 Å². The SMILES string of the molecule is C[C@@H]1CN(CC(=O)C2CC(C)(C)c3nc(CO)c(Cc4ccc(F)cc4)cc32)[C@@H](C(=O)NCCOCCOc2c(-c3csc(N4CCOCC4)n3)ccc(F)c2F)CN1. The summed E-state index contributed by atoms with van der Waals surface area (Å²) >= 11 is 1.41. The molecule has 0 radical (unpaired) electrons. The second kappa shape index (κ2) is 18.9. The summed E-state index contributed by atoms with van der Waals surface area (Å²) in [5, 5.41) is 19.0. The molecule has 316 valence electrons. The number of aromatic nitrogens is 2. The molecular formula is C43H51F3N6O6S. The molecule has 59 heavy (non-hydrogen) atoms. The molecule has 2 aromatic heterocycles. The number of hydrogen-bond donors (Lipinski definition) is 3. The molecule has 2 saturated heterocycles. The number of ether oxygens (including phenoxy) is 3. The highest BCUT2D eigenvalue weighted by Gasteiger charge is 2.43. The van der Waals surface area contributed by atoms with Crippen molar-refractivity contribution in [2.45, 2.75) is 63.6 Å². The van der Waals surface area contributed by atoms with Crippen molar-refractivity contribution in [3.8, 4) is 17.0 Å². The Morgan fingerprint density at radius 1 is 1.07 bits per heavy atom. The van der Waals surface area contributed by atoms with Crippen molar-refractivity contribution in [2.24, 2.45) is 0 Å². The van der Waals surface area contributed by atoms with Crippen LogP contribution in [0.5, 0.6) is 5.75 Å². The first-order chi connectivity index (χ1) is 28.4. The summed E-state index contributed by atoms with van der Waals surface area (Å²) in [7, 11) is 0. The number of fused-ring (bicyclic) bond motifs is 1. The molecule has 4 heterocycles. The van der Waals surface area contributed by atoms with Crippen LogP contribution in [0.2, 0.25) is 0 Å². The van der Waals surface area contributed by atoms with Gasteiger partial charge in [-0.25, -0.2) is 13.8 Å². The Hall–Kier alpha value is -4.45. The van der Waals surface area contributed by atoms with E-state index in [1.54, 1.807) is 17.5 Å². The van der Waals surface area contributed by atoms with Crippen LogP contribution in [-0.4, -0.2) is 116 Å². The second-order valence-corrected chi connectivity index (χ2v) is 16.8. The summed E-state index contributed by atoms with van der Waals surface area (Å²) in [6.45, 7) is 9.70. The summed E-state index contributed by atoms with van der Waals surface area (Å²) in [6, 6.07) is 10.1. The predicted molar refractivity (Wildman–Crippen MR) is 217 cm³/mol. The number of carbonyl (C=O) groups excluding carboxylic acids is 2. The van der Waals surface area contributed by atoms with Gasteiger partial charge in [0.05, 0.1) is 56.7 Å². The number of Topliss-reactive ketones (excluding diaryl/α,β-unsaturated/α-hetero) is 1. The highest BCUT2D eigenvalue weighted by atomic mass is 32.1. The fourth-order valence-electron chi connectivity index (χ4n) is 8.10. The summed E-state index contributed by atoms with van der Waals surface area (Å²) in [5.74, 6) is -3.40. The minimum Gasteiger partial charge on any atom is -0.487 e. The van der Waals surface area contributed by atoms with Gasteiger partial charge in [-0.3, -0.25) is 19.5 Å². The number of amides is 1. The van der Waals surface area contributed by atoms with Crippen LogP contribution in [0.1, 0.15) is 61.2 Å². The minimum absolute atomic E-state index is 0.0106. The van der Waals surface area contributed by atoms with Crippen molar-refractivity contribution >= 4 is 28.2 Å². The van der Waals surface area contributed by atoms with Gasteiger partial charge in [-0.15, -0.1) is 11.3 Å². The number of anilines is 1. The van der Waals surface area contributed by atoms with Gasteiger partial charge < -0.3 is 34.9 Å². The van der Waals surface area contributed by atoms with E-state index in [1.807, 2.05) is 31.7 Å². The topological polar surface area (TPSA) is 138 Å². The van der Waals surface area contributed by atoms with Gasteiger partial charge in [0.2, 0.25) is 11.7 Å². The lowest BCUT2D eigenvalue weighted by Crippen LogP contribution is -2.62. The zero-order valence-electron chi connectivity index (χ0n) is 33.6. The van der Waals surface area contributed by atoms with E-state index in [2.05, 4.69) is 20.5 Å². The van der Waals surface area contributed by atoms with Gasteiger partial charge in [0.1, 0.15) is 18.5 Å². The smallest absolute Gasteiger partial charge is 0.238 e. The lowest BCUT2D eigenvalue weighted by Gasteiger charge is -2.38. The Balaban J connectivity index is 0.921. The molecule has 3 N–H and O–H groups in total. The molecule has 2 fully saturated rings. The van der Waals surface area contributed by atoms with Crippen molar-refractivity contribution in [2.75, 3.05) is 77.2 Å². The van der Waals surface area contributed by atoms with Gasteiger partial charge in [-0.05, 0) is 60.7 Å². The van der Waals surface area contributed by atoms with Gasteiger partial charge >= 0.3 is 0 Å². The Morgan fingerprint density at radius 2 is 1.85 bits per heavy atom. The van der Waals surface area contributed by atoms with E-state index < -0.39 is 29.0 Å². The van der Waals surface area contributed by atoms with Gasteiger partial charge in [0.25, 0.3) is 0 Å². The Kier molecular flexibility index (Phi) is 13.6. The van der Waals surface area contributed by atoms with Crippen LogP contribution in [0.3, 0.4) is 0 Å². The number of benzene rings is 2. The molecule has 3 atom stereocenters. The van der Waals surface area contributed by atoms with Crippen molar-refractivity contribution in [1.29, 1.82) is 0 Å². The Bertz CT molecular complexity index is 2110. The average Bonchev–Trinajstić information content (AvgIpc) is 3.82. The summed E-state index contributed by atoms with van der Waals surface area (Å²) in [5.41, 5.74) is 4.22. The van der Waals surface area contributed by atoms with E-state index in [9.17, 15) is 27.9 Å². The number of rotatable bonds is 16. The van der Waals surface area contributed by atoms with Gasteiger partial charge in [-0.1, -0.05) is 32.0 Å². The summed E-state index contributed by atoms with van der Waals surface area (Å²) in [6.07, 6.45) is 0.981. The average molecular weight is 837 g/mol. The minimum atomic E-state index is -1.10. The van der Waals surface area contributed by atoms with E-state index in [4.69, 9.17) is 19.2 Å². The standard InChI is InChI=1S/C43H51F3N6O6S/c1-26-22-52(23-37(54)32-20-43(2,3)40-31(32)19-28(34(24-53)49-40)18-27-4-6-29(44)7-5-27)36(21-48-26)41(55)47-10-13-56-16-17-58-39-30(8-9-33(45)38(39)46)35-25-59-42(50-35)51-11-14-57-15-12-51/h4-9,19,25-26,32,36,48,53H,10-18,20-24H2,1-3H3,(H,47,55)/t26-,32?,36-/m1/s1. The number of thiazole rings is 1. The molecule has 1 unspecified atom stereocenters. The van der Waals surface area contributed by atoms with Crippen LogP contribution in [0.25, 0.3) is 11.3 Å².